The van der Waals surface area contributed by atoms with E-state index >= 15 is 26.3 Å². The molecule has 0 atom stereocenters. The number of hydrogen-bond donors (Lipinski definition) is 0. The van der Waals surface area contributed by atoms with E-state index < -0.39 is 34.6 Å². The van der Waals surface area contributed by atoms with Crippen LogP contribution in [0.1, 0.15) is 27.8 Å². The molecule has 0 amide bonds. The number of benzene rings is 8. The molecule has 0 saturated carbocycles. The van der Waals surface area contributed by atoms with Crippen molar-refractivity contribution < 1.29 is 26.3 Å². The van der Waals surface area contributed by atoms with Gasteiger partial charge in [0.15, 0.2) is 0 Å². The maximum absolute atomic E-state index is 15.2. The Kier molecular flexibility index (Phi) is 9.14. The molecule has 10 aromatic rings. The van der Waals surface area contributed by atoms with Gasteiger partial charge in [-0.2, -0.15) is 42.1 Å². The molecule has 0 spiro atoms. The first kappa shape index (κ1) is 39.5. The molecule has 0 aliphatic heterocycles. The van der Waals surface area contributed by atoms with Crippen LogP contribution >= 0.6 is 0 Å². The molecular formula is C53H27F6N5. The third-order valence-corrected chi connectivity index (χ3v) is 11.7. The molecule has 0 unspecified atom stereocenters. The van der Waals surface area contributed by atoms with Crippen molar-refractivity contribution in [2.24, 2.45) is 0 Å². The zero-order chi connectivity index (χ0) is 44.5. The van der Waals surface area contributed by atoms with Gasteiger partial charge < -0.3 is 9.13 Å². The summed E-state index contributed by atoms with van der Waals surface area (Å²) in [6, 6.07) is 50.4. The monoisotopic (exact) mass is 847 g/mol. The lowest BCUT2D eigenvalue weighted by molar-refractivity contribution is -0.142. The van der Waals surface area contributed by atoms with Gasteiger partial charge in [0.25, 0.3) is 0 Å². The molecule has 0 aliphatic rings. The molecule has 10 rings (SSSR count). The summed E-state index contributed by atoms with van der Waals surface area (Å²) in [7, 11) is 0. The molecule has 5 nitrogen and oxygen atoms in total. The van der Waals surface area contributed by atoms with E-state index in [4.69, 9.17) is 0 Å². The fourth-order valence-electron chi connectivity index (χ4n) is 8.91. The zero-order valence-electron chi connectivity index (χ0n) is 33.1. The second-order valence-electron chi connectivity index (χ2n) is 15.3. The Bertz CT molecular complexity index is 3670. The minimum Gasteiger partial charge on any atom is -0.309 e. The molecule has 0 saturated heterocycles. The quantitative estimate of drug-likeness (QED) is 0.162. The third kappa shape index (κ3) is 6.40. The van der Waals surface area contributed by atoms with Gasteiger partial charge >= 0.3 is 12.4 Å². The Hall–Kier alpha value is -8.59. The van der Waals surface area contributed by atoms with E-state index in [9.17, 15) is 15.8 Å². The smallest absolute Gasteiger partial charge is 0.309 e. The van der Waals surface area contributed by atoms with Crippen molar-refractivity contribution in [1.29, 1.82) is 15.8 Å². The van der Waals surface area contributed by atoms with E-state index in [-0.39, 0.29) is 16.9 Å². The maximum atomic E-state index is 15.2. The maximum Gasteiger partial charge on any atom is 0.417 e. The predicted octanol–water partition coefficient (Wildman–Crippen LogP) is 14.5. The third-order valence-electron chi connectivity index (χ3n) is 11.7. The minimum absolute atomic E-state index is 0.0129. The van der Waals surface area contributed by atoms with Crippen LogP contribution in [0.5, 0.6) is 0 Å². The predicted molar refractivity (Wildman–Crippen MR) is 236 cm³/mol. The van der Waals surface area contributed by atoms with Crippen molar-refractivity contribution in [3.63, 3.8) is 0 Å². The van der Waals surface area contributed by atoms with E-state index in [1.165, 1.54) is 12.1 Å². The van der Waals surface area contributed by atoms with E-state index in [1.54, 1.807) is 94.1 Å². The highest BCUT2D eigenvalue weighted by Crippen LogP contribution is 2.49. The molecule has 306 valence electrons. The fourth-order valence-corrected chi connectivity index (χ4v) is 8.91. The highest BCUT2D eigenvalue weighted by atomic mass is 19.4. The lowest BCUT2D eigenvalue weighted by Gasteiger charge is -2.24. The number of hydrogen-bond acceptors (Lipinski definition) is 3. The van der Waals surface area contributed by atoms with Crippen LogP contribution in [0.4, 0.5) is 26.3 Å². The first-order valence-electron chi connectivity index (χ1n) is 19.8. The van der Waals surface area contributed by atoms with Gasteiger partial charge in [-0.1, -0.05) is 78.9 Å². The molecule has 0 N–H and O–H groups in total. The standard InChI is InChI=1S/C53H27F6N5/c54-52(55,56)43-14-7-15-44(53(57,58)59)51(43)42-27-49(63-45-16-3-1-12-38(45)40-24-35(18-20-47(40)63)33-10-5-8-31(22-33)28-60)37(30-62)26-50(42)64-46-17-4-2-13-39(46)41-25-36(19-21-48(41)64)34-11-6-9-32(23-34)29-61/h1-27H. The Morgan fingerprint density at radius 2 is 0.812 bits per heavy atom. The summed E-state index contributed by atoms with van der Waals surface area (Å²) < 4.78 is 94.7. The number of fused-ring (bicyclic) bond motifs is 6. The van der Waals surface area contributed by atoms with Gasteiger partial charge in [0, 0.05) is 32.7 Å². The Morgan fingerprint density at radius 3 is 1.28 bits per heavy atom. The van der Waals surface area contributed by atoms with E-state index in [1.807, 2.05) is 48.5 Å². The molecular weight excluding hydrogens is 821 g/mol. The first-order valence-corrected chi connectivity index (χ1v) is 19.8. The summed E-state index contributed by atoms with van der Waals surface area (Å²) in [5, 5.41) is 32.9. The molecule has 0 radical (unpaired) electrons. The van der Waals surface area contributed by atoms with Crippen molar-refractivity contribution in [2.45, 2.75) is 12.4 Å². The lowest BCUT2D eigenvalue weighted by Crippen LogP contribution is -2.15. The average molecular weight is 848 g/mol. The second-order valence-corrected chi connectivity index (χ2v) is 15.3. The summed E-state index contributed by atoms with van der Waals surface area (Å²) in [6.07, 6.45) is -10.4. The Morgan fingerprint density at radius 1 is 0.375 bits per heavy atom. The Balaban J connectivity index is 1.33. The molecule has 11 heteroatoms. The van der Waals surface area contributed by atoms with Crippen LogP contribution in [0, 0.1) is 34.0 Å². The number of nitrogens with zero attached hydrogens (tertiary/aromatic N) is 5. The molecule has 2 heterocycles. The summed E-state index contributed by atoms with van der Waals surface area (Å²) in [5.74, 6) is 0. The largest absolute Gasteiger partial charge is 0.417 e. The lowest BCUT2D eigenvalue weighted by atomic mass is 9.90. The van der Waals surface area contributed by atoms with Crippen LogP contribution in [-0.2, 0) is 12.4 Å². The summed E-state index contributed by atoms with van der Waals surface area (Å²) in [5.41, 5.74) is 1.43. The SMILES string of the molecule is N#Cc1cccc(-c2ccc3c(c2)c2ccccc2n3-c2cc(-c3c(C(F)(F)F)cccc3C(F)(F)F)c(-n3c4ccccc4c4cc(-c5cccc(C#N)c5)ccc43)cc2C#N)c1. The number of alkyl halides is 6. The number of aromatic nitrogens is 2. The number of para-hydroxylation sites is 2. The molecule has 64 heavy (non-hydrogen) atoms. The Labute approximate surface area is 360 Å². The van der Waals surface area contributed by atoms with Gasteiger partial charge in [-0.15, -0.1) is 0 Å². The molecule has 0 bridgehead atoms. The van der Waals surface area contributed by atoms with Crippen LogP contribution < -0.4 is 0 Å². The molecule has 2 aromatic heterocycles. The minimum atomic E-state index is -5.22. The van der Waals surface area contributed by atoms with E-state index in [0.717, 1.165) is 33.7 Å². The van der Waals surface area contributed by atoms with Crippen LogP contribution in [0.15, 0.2) is 164 Å². The van der Waals surface area contributed by atoms with Crippen molar-refractivity contribution in [1.82, 2.24) is 9.13 Å². The summed E-state index contributed by atoms with van der Waals surface area (Å²) in [6.45, 7) is 0. The number of nitriles is 3. The van der Waals surface area contributed by atoms with Gasteiger partial charge in [-0.05, 0) is 107 Å². The van der Waals surface area contributed by atoms with E-state index in [2.05, 4.69) is 18.2 Å². The van der Waals surface area contributed by atoms with Crippen molar-refractivity contribution in [2.75, 3.05) is 0 Å². The van der Waals surface area contributed by atoms with Crippen LogP contribution in [0.2, 0.25) is 0 Å². The topological polar surface area (TPSA) is 81.2 Å². The molecule has 8 aromatic carbocycles. The van der Waals surface area contributed by atoms with Gasteiger partial charge in [-0.3, -0.25) is 0 Å². The first-order chi connectivity index (χ1) is 30.9. The summed E-state index contributed by atoms with van der Waals surface area (Å²) in [4.78, 5) is 0. The van der Waals surface area contributed by atoms with Gasteiger partial charge in [0.05, 0.1) is 73.4 Å². The van der Waals surface area contributed by atoms with Gasteiger partial charge in [0.2, 0.25) is 0 Å². The highest BCUT2D eigenvalue weighted by Gasteiger charge is 2.42. The molecule has 0 fully saturated rings. The average Bonchev–Trinajstić information content (AvgIpc) is 3.82. The van der Waals surface area contributed by atoms with Crippen molar-refractivity contribution in [3.05, 3.63) is 192 Å². The number of rotatable bonds is 5. The number of halogens is 6. The summed E-state index contributed by atoms with van der Waals surface area (Å²) >= 11 is 0. The van der Waals surface area contributed by atoms with Gasteiger partial charge in [-0.25, -0.2) is 0 Å². The fraction of sp³-hybridized carbons (Fsp3) is 0.0377. The normalized spacial score (nSPS) is 11.9. The van der Waals surface area contributed by atoms with Gasteiger partial charge in [0.1, 0.15) is 6.07 Å². The van der Waals surface area contributed by atoms with Crippen molar-refractivity contribution in [3.8, 4) is 63.0 Å². The van der Waals surface area contributed by atoms with Crippen molar-refractivity contribution >= 4 is 43.6 Å². The van der Waals surface area contributed by atoms with Crippen LogP contribution in [0.25, 0.3) is 88.4 Å². The highest BCUT2D eigenvalue weighted by molar-refractivity contribution is 6.12. The van der Waals surface area contributed by atoms with Crippen LogP contribution in [-0.4, -0.2) is 9.13 Å². The second kappa shape index (κ2) is 14.8. The molecule has 0 aliphatic carbocycles. The zero-order valence-corrected chi connectivity index (χ0v) is 33.1. The van der Waals surface area contributed by atoms with Crippen LogP contribution in [0.3, 0.4) is 0 Å². The van der Waals surface area contributed by atoms with E-state index in [0.29, 0.717) is 61.5 Å².